The van der Waals surface area contributed by atoms with Crippen molar-refractivity contribution in [3.05, 3.63) is 11.9 Å². The molecule has 3 N–H and O–H groups in total. The first-order chi connectivity index (χ1) is 7.83. The number of piperazine rings is 1. The molecule has 2 heterocycles. The van der Waals surface area contributed by atoms with E-state index in [1.54, 1.807) is 0 Å². The third-order valence-electron chi connectivity index (χ3n) is 3.13. The zero-order valence-corrected chi connectivity index (χ0v) is 9.32. The molecule has 0 unspecified atom stereocenters. The Morgan fingerprint density at radius 1 is 1.25 bits per heavy atom. The number of hydrogen-bond donors (Lipinski definition) is 2. The van der Waals surface area contributed by atoms with Gasteiger partial charge in [0.2, 0.25) is 0 Å². The summed E-state index contributed by atoms with van der Waals surface area (Å²) in [5.74, 6) is 3.10. The van der Waals surface area contributed by atoms with E-state index in [9.17, 15) is 0 Å². The van der Waals surface area contributed by atoms with E-state index in [-0.39, 0.29) is 0 Å². The van der Waals surface area contributed by atoms with Gasteiger partial charge < -0.3 is 16.0 Å². The molecule has 2 fully saturated rings. The first-order valence-electron chi connectivity index (χ1n) is 5.93. The Labute approximate surface area is 95.1 Å². The highest BCUT2D eigenvalue weighted by atomic mass is 15.2. The summed E-state index contributed by atoms with van der Waals surface area (Å²) in [5.41, 5.74) is 5.84. The molecule has 1 saturated carbocycles. The molecular weight excluding hydrogens is 202 g/mol. The molecular formula is C11H17N5. The van der Waals surface area contributed by atoms with Crippen LogP contribution in [-0.4, -0.2) is 36.1 Å². The summed E-state index contributed by atoms with van der Waals surface area (Å²) in [6, 6.07) is 1.89. The van der Waals surface area contributed by atoms with Gasteiger partial charge in [0.05, 0.1) is 0 Å². The SMILES string of the molecule is Nc1cc(N2CCNCC2)nc(C2CC2)n1. The normalized spacial score (nSPS) is 21.1. The van der Waals surface area contributed by atoms with Crippen molar-refractivity contribution >= 4 is 11.6 Å². The maximum Gasteiger partial charge on any atom is 0.136 e. The highest BCUT2D eigenvalue weighted by Gasteiger charge is 2.27. The monoisotopic (exact) mass is 219 g/mol. The zero-order valence-electron chi connectivity index (χ0n) is 9.32. The van der Waals surface area contributed by atoms with Gasteiger partial charge in [0.25, 0.3) is 0 Å². The van der Waals surface area contributed by atoms with Crippen LogP contribution in [0.4, 0.5) is 11.6 Å². The maximum absolute atomic E-state index is 5.84. The molecule has 86 valence electrons. The average molecular weight is 219 g/mol. The second-order valence-electron chi connectivity index (χ2n) is 4.52. The van der Waals surface area contributed by atoms with Crippen molar-refractivity contribution in [2.75, 3.05) is 36.8 Å². The van der Waals surface area contributed by atoms with E-state index in [1.807, 2.05) is 6.07 Å². The van der Waals surface area contributed by atoms with Gasteiger partial charge in [0, 0.05) is 38.2 Å². The lowest BCUT2D eigenvalue weighted by atomic mass is 10.3. The summed E-state index contributed by atoms with van der Waals surface area (Å²) in [6.07, 6.45) is 2.43. The van der Waals surface area contributed by atoms with Crippen LogP contribution in [0.1, 0.15) is 24.6 Å². The minimum atomic E-state index is 0.560. The van der Waals surface area contributed by atoms with Crippen molar-refractivity contribution in [3.8, 4) is 0 Å². The molecule has 0 aromatic carbocycles. The molecule has 5 nitrogen and oxygen atoms in total. The number of nitrogens with one attached hydrogen (secondary N) is 1. The number of hydrogen-bond acceptors (Lipinski definition) is 5. The third-order valence-corrected chi connectivity index (χ3v) is 3.13. The van der Waals surface area contributed by atoms with Gasteiger partial charge >= 0.3 is 0 Å². The predicted molar refractivity (Wildman–Crippen MR) is 63.5 cm³/mol. The second kappa shape index (κ2) is 3.90. The van der Waals surface area contributed by atoms with Crippen LogP contribution in [-0.2, 0) is 0 Å². The first-order valence-corrected chi connectivity index (χ1v) is 5.93. The predicted octanol–water partition coefficient (Wildman–Crippen LogP) is 0.346. The van der Waals surface area contributed by atoms with Gasteiger partial charge in [0.1, 0.15) is 17.5 Å². The van der Waals surface area contributed by atoms with Crippen molar-refractivity contribution in [1.82, 2.24) is 15.3 Å². The van der Waals surface area contributed by atoms with E-state index in [1.165, 1.54) is 12.8 Å². The molecule has 16 heavy (non-hydrogen) atoms. The zero-order chi connectivity index (χ0) is 11.0. The highest BCUT2D eigenvalue weighted by molar-refractivity contribution is 5.48. The molecule has 1 saturated heterocycles. The molecule has 0 spiro atoms. The Bertz CT molecular complexity index is 382. The van der Waals surface area contributed by atoms with Crippen LogP contribution in [0.5, 0.6) is 0 Å². The van der Waals surface area contributed by atoms with Crippen LogP contribution in [0.3, 0.4) is 0 Å². The fourth-order valence-corrected chi connectivity index (χ4v) is 2.05. The summed E-state index contributed by atoms with van der Waals surface area (Å²) in [4.78, 5) is 11.2. The fourth-order valence-electron chi connectivity index (χ4n) is 2.05. The van der Waals surface area contributed by atoms with Crippen LogP contribution < -0.4 is 16.0 Å². The van der Waals surface area contributed by atoms with Gasteiger partial charge in [-0.3, -0.25) is 0 Å². The summed E-state index contributed by atoms with van der Waals surface area (Å²) < 4.78 is 0. The molecule has 1 aromatic heterocycles. The van der Waals surface area contributed by atoms with E-state index in [0.717, 1.165) is 37.8 Å². The average Bonchev–Trinajstić information content (AvgIpc) is 3.13. The number of aromatic nitrogens is 2. The fraction of sp³-hybridized carbons (Fsp3) is 0.636. The largest absolute Gasteiger partial charge is 0.384 e. The van der Waals surface area contributed by atoms with E-state index in [0.29, 0.717) is 11.7 Å². The molecule has 1 aliphatic heterocycles. The number of rotatable bonds is 2. The quantitative estimate of drug-likeness (QED) is 0.751. The Morgan fingerprint density at radius 2 is 2.00 bits per heavy atom. The summed E-state index contributed by atoms with van der Waals surface area (Å²) in [7, 11) is 0. The van der Waals surface area contributed by atoms with E-state index in [4.69, 9.17) is 5.73 Å². The lowest BCUT2D eigenvalue weighted by Gasteiger charge is -2.28. The van der Waals surface area contributed by atoms with Crippen molar-refractivity contribution in [2.45, 2.75) is 18.8 Å². The topological polar surface area (TPSA) is 67.1 Å². The minimum Gasteiger partial charge on any atom is -0.384 e. The van der Waals surface area contributed by atoms with Gasteiger partial charge in [-0.15, -0.1) is 0 Å². The maximum atomic E-state index is 5.84. The Morgan fingerprint density at radius 3 is 2.69 bits per heavy atom. The Kier molecular flexibility index (Phi) is 2.40. The van der Waals surface area contributed by atoms with Crippen LogP contribution in [0.25, 0.3) is 0 Å². The van der Waals surface area contributed by atoms with Gasteiger partial charge in [-0.05, 0) is 12.8 Å². The van der Waals surface area contributed by atoms with Gasteiger partial charge in [0.15, 0.2) is 0 Å². The van der Waals surface area contributed by atoms with E-state index in [2.05, 4.69) is 20.2 Å². The van der Waals surface area contributed by atoms with Crippen LogP contribution in [0, 0.1) is 0 Å². The number of nitrogens with zero attached hydrogens (tertiary/aromatic N) is 3. The van der Waals surface area contributed by atoms with Crippen molar-refractivity contribution in [1.29, 1.82) is 0 Å². The number of nitrogens with two attached hydrogens (primary N) is 1. The second-order valence-corrected chi connectivity index (χ2v) is 4.52. The van der Waals surface area contributed by atoms with Crippen molar-refractivity contribution in [3.63, 3.8) is 0 Å². The molecule has 3 rings (SSSR count). The Hall–Kier alpha value is -1.36. The molecule has 0 amide bonds. The molecule has 1 aromatic rings. The lowest BCUT2D eigenvalue weighted by Crippen LogP contribution is -2.44. The van der Waals surface area contributed by atoms with Gasteiger partial charge in [-0.2, -0.15) is 0 Å². The third kappa shape index (κ3) is 1.95. The number of nitrogen functional groups attached to an aromatic ring is 1. The van der Waals surface area contributed by atoms with Crippen molar-refractivity contribution in [2.24, 2.45) is 0 Å². The standard InChI is InChI=1S/C11H17N5/c12-9-7-10(16-5-3-13-4-6-16)15-11(14-9)8-1-2-8/h7-8,13H,1-6H2,(H2,12,14,15). The molecule has 5 heteroatoms. The molecule has 0 atom stereocenters. The summed E-state index contributed by atoms with van der Waals surface area (Å²) in [6.45, 7) is 4.03. The Balaban J connectivity index is 1.86. The molecule has 0 bridgehead atoms. The van der Waals surface area contributed by atoms with Gasteiger partial charge in [-0.1, -0.05) is 0 Å². The van der Waals surface area contributed by atoms with Crippen LogP contribution in [0.15, 0.2) is 6.07 Å². The van der Waals surface area contributed by atoms with Crippen LogP contribution >= 0.6 is 0 Å². The smallest absolute Gasteiger partial charge is 0.136 e. The number of anilines is 2. The van der Waals surface area contributed by atoms with Crippen molar-refractivity contribution < 1.29 is 0 Å². The molecule has 2 aliphatic rings. The molecule has 1 aliphatic carbocycles. The van der Waals surface area contributed by atoms with Gasteiger partial charge in [-0.25, -0.2) is 9.97 Å². The summed E-state index contributed by atoms with van der Waals surface area (Å²) in [5, 5.41) is 3.33. The highest BCUT2D eigenvalue weighted by Crippen LogP contribution is 2.38. The minimum absolute atomic E-state index is 0.560. The summed E-state index contributed by atoms with van der Waals surface area (Å²) >= 11 is 0. The first kappa shape index (κ1) is 9.84. The molecule has 0 radical (unpaired) electrons. The van der Waals surface area contributed by atoms with Crippen LogP contribution in [0.2, 0.25) is 0 Å². The lowest BCUT2D eigenvalue weighted by molar-refractivity contribution is 0.583. The van der Waals surface area contributed by atoms with E-state index >= 15 is 0 Å². The van der Waals surface area contributed by atoms with E-state index < -0.39 is 0 Å².